The van der Waals surface area contributed by atoms with Gasteiger partial charge in [0, 0.05) is 16.7 Å². The minimum absolute atomic E-state index is 0.0628. The van der Waals surface area contributed by atoms with Crippen molar-refractivity contribution in [2.75, 3.05) is 11.9 Å². The van der Waals surface area contributed by atoms with Crippen molar-refractivity contribution < 1.29 is 0 Å². The molecule has 2 nitrogen and oxygen atoms in total. The SMILES string of the molecule is CC1CCC(CN)(Nc2cccc(Br)c2)C(C)C1. The highest BCUT2D eigenvalue weighted by Gasteiger charge is 2.38. The Bertz CT molecular complexity index is 407. The normalized spacial score (nSPS) is 32.2. The first-order valence-electron chi connectivity index (χ1n) is 6.79. The summed E-state index contributed by atoms with van der Waals surface area (Å²) in [5.74, 6) is 1.44. The van der Waals surface area contributed by atoms with Crippen LogP contribution in [0.3, 0.4) is 0 Å². The van der Waals surface area contributed by atoms with E-state index in [0.29, 0.717) is 12.5 Å². The molecule has 1 saturated carbocycles. The Kier molecular flexibility index (Phi) is 4.33. The molecular weight excluding hydrogens is 288 g/mol. The number of benzene rings is 1. The first-order valence-corrected chi connectivity index (χ1v) is 7.59. The van der Waals surface area contributed by atoms with E-state index in [-0.39, 0.29) is 5.54 Å². The van der Waals surface area contributed by atoms with Gasteiger partial charge in [0.15, 0.2) is 0 Å². The summed E-state index contributed by atoms with van der Waals surface area (Å²) in [6.45, 7) is 5.37. The molecule has 0 spiro atoms. The average molecular weight is 311 g/mol. The van der Waals surface area contributed by atoms with E-state index < -0.39 is 0 Å². The molecule has 0 radical (unpaired) electrons. The number of hydrogen-bond acceptors (Lipinski definition) is 2. The van der Waals surface area contributed by atoms with Crippen LogP contribution in [0, 0.1) is 11.8 Å². The summed E-state index contributed by atoms with van der Waals surface area (Å²) >= 11 is 3.52. The maximum atomic E-state index is 6.09. The first-order chi connectivity index (χ1) is 8.55. The number of anilines is 1. The summed E-state index contributed by atoms with van der Waals surface area (Å²) in [7, 11) is 0. The van der Waals surface area contributed by atoms with Crippen LogP contribution in [-0.4, -0.2) is 12.1 Å². The van der Waals surface area contributed by atoms with Crippen molar-refractivity contribution in [2.24, 2.45) is 17.6 Å². The third-order valence-electron chi connectivity index (χ3n) is 4.36. The number of halogens is 1. The van der Waals surface area contributed by atoms with Gasteiger partial charge >= 0.3 is 0 Å². The van der Waals surface area contributed by atoms with Crippen LogP contribution < -0.4 is 11.1 Å². The zero-order valence-corrected chi connectivity index (χ0v) is 12.8. The molecule has 18 heavy (non-hydrogen) atoms. The maximum absolute atomic E-state index is 6.09. The fraction of sp³-hybridized carbons (Fsp3) is 0.600. The van der Waals surface area contributed by atoms with Gasteiger partial charge in [0.05, 0.1) is 5.54 Å². The molecule has 3 N–H and O–H groups in total. The first kappa shape index (κ1) is 13.9. The highest BCUT2D eigenvalue weighted by Crippen LogP contribution is 2.38. The second-order valence-corrected chi connectivity index (χ2v) is 6.69. The van der Waals surface area contributed by atoms with E-state index in [0.717, 1.165) is 16.1 Å². The van der Waals surface area contributed by atoms with Crippen molar-refractivity contribution in [3.8, 4) is 0 Å². The molecule has 3 heteroatoms. The van der Waals surface area contributed by atoms with Gasteiger partial charge in [0.25, 0.3) is 0 Å². The number of hydrogen-bond donors (Lipinski definition) is 2. The molecule has 1 aromatic rings. The lowest BCUT2D eigenvalue weighted by Crippen LogP contribution is -2.53. The molecule has 0 amide bonds. The molecule has 1 aromatic carbocycles. The Balaban J connectivity index is 2.18. The quantitative estimate of drug-likeness (QED) is 0.885. The molecule has 2 rings (SSSR count). The smallest absolute Gasteiger partial charge is 0.0521 e. The van der Waals surface area contributed by atoms with Crippen LogP contribution in [-0.2, 0) is 0 Å². The van der Waals surface area contributed by atoms with Crippen molar-refractivity contribution in [1.29, 1.82) is 0 Å². The van der Waals surface area contributed by atoms with Crippen molar-refractivity contribution >= 4 is 21.6 Å². The van der Waals surface area contributed by atoms with Gasteiger partial charge < -0.3 is 11.1 Å². The molecule has 0 aromatic heterocycles. The maximum Gasteiger partial charge on any atom is 0.0521 e. The zero-order valence-electron chi connectivity index (χ0n) is 11.2. The Morgan fingerprint density at radius 2 is 2.22 bits per heavy atom. The van der Waals surface area contributed by atoms with E-state index in [4.69, 9.17) is 5.73 Å². The van der Waals surface area contributed by atoms with Crippen LogP contribution in [0.5, 0.6) is 0 Å². The van der Waals surface area contributed by atoms with Crippen molar-refractivity contribution in [3.05, 3.63) is 28.7 Å². The third-order valence-corrected chi connectivity index (χ3v) is 4.86. The van der Waals surface area contributed by atoms with Crippen LogP contribution in [0.4, 0.5) is 5.69 Å². The summed E-state index contributed by atoms with van der Waals surface area (Å²) in [6.07, 6.45) is 3.69. The number of nitrogens with one attached hydrogen (secondary N) is 1. The molecule has 3 atom stereocenters. The number of rotatable bonds is 3. The summed E-state index contributed by atoms with van der Waals surface area (Å²) in [6, 6.07) is 8.36. The lowest BCUT2D eigenvalue weighted by Gasteiger charge is -2.45. The van der Waals surface area contributed by atoms with Gasteiger partial charge in [0.2, 0.25) is 0 Å². The van der Waals surface area contributed by atoms with Gasteiger partial charge in [-0.2, -0.15) is 0 Å². The molecule has 0 heterocycles. The number of nitrogens with two attached hydrogens (primary N) is 1. The van der Waals surface area contributed by atoms with Gasteiger partial charge in [-0.25, -0.2) is 0 Å². The fourth-order valence-electron chi connectivity index (χ4n) is 3.09. The lowest BCUT2D eigenvalue weighted by molar-refractivity contribution is 0.189. The second-order valence-electron chi connectivity index (χ2n) is 5.78. The summed E-state index contributed by atoms with van der Waals surface area (Å²) in [5, 5.41) is 3.70. The van der Waals surface area contributed by atoms with Crippen molar-refractivity contribution in [3.63, 3.8) is 0 Å². The molecule has 0 bridgehead atoms. The van der Waals surface area contributed by atoms with E-state index in [2.05, 4.69) is 53.3 Å². The van der Waals surface area contributed by atoms with E-state index >= 15 is 0 Å². The Labute approximate surface area is 118 Å². The standard InChI is InChI=1S/C15H23BrN2/c1-11-6-7-15(10-17,12(2)8-11)18-14-5-3-4-13(16)9-14/h3-5,9,11-12,18H,6-8,10,17H2,1-2H3. The van der Waals surface area contributed by atoms with E-state index in [1.165, 1.54) is 19.3 Å². The van der Waals surface area contributed by atoms with E-state index in [1.807, 2.05) is 6.07 Å². The van der Waals surface area contributed by atoms with Crippen molar-refractivity contribution in [2.45, 2.75) is 38.6 Å². The van der Waals surface area contributed by atoms with Crippen LogP contribution in [0.2, 0.25) is 0 Å². The Morgan fingerprint density at radius 3 is 2.83 bits per heavy atom. The molecule has 0 saturated heterocycles. The minimum atomic E-state index is 0.0628. The van der Waals surface area contributed by atoms with Gasteiger partial charge in [-0.1, -0.05) is 35.8 Å². The predicted molar refractivity (Wildman–Crippen MR) is 81.7 cm³/mol. The highest BCUT2D eigenvalue weighted by molar-refractivity contribution is 9.10. The topological polar surface area (TPSA) is 38.0 Å². The van der Waals surface area contributed by atoms with E-state index in [1.54, 1.807) is 0 Å². The zero-order chi connectivity index (χ0) is 13.2. The monoisotopic (exact) mass is 310 g/mol. The van der Waals surface area contributed by atoms with Gasteiger partial charge in [-0.05, 0) is 49.3 Å². The predicted octanol–water partition coefficient (Wildman–Crippen LogP) is 4.01. The van der Waals surface area contributed by atoms with Crippen molar-refractivity contribution in [1.82, 2.24) is 0 Å². The third kappa shape index (κ3) is 2.89. The minimum Gasteiger partial charge on any atom is -0.378 e. The largest absolute Gasteiger partial charge is 0.378 e. The molecule has 0 aliphatic heterocycles. The highest BCUT2D eigenvalue weighted by atomic mass is 79.9. The lowest BCUT2D eigenvalue weighted by atomic mass is 9.70. The van der Waals surface area contributed by atoms with E-state index in [9.17, 15) is 0 Å². The molecular formula is C15H23BrN2. The van der Waals surface area contributed by atoms with Crippen LogP contribution in [0.15, 0.2) is 28.7 Å². The summed E-state index contributed by atoms with van der Waals surface area (Å²) < 4.78 is 1.11. The summed E-state index contributed by atoms with van der Waals surface area (Å²) in [4.78, 5) is 0. The van der Waals surface area contributed by atoms with Crippen LogP contribution >= 0.6 is 15.9 Å². The molecule has 100 valence electrons. The summed E-state index contributed by atoms with van der Waals surface area (Å²) in [5.41, 5.74) is 7.31. The van der Waals surface area contributed by atoms with Gasteiger partial charge in [-0.3, -0.25) is 0 Å². The average Bonchev–Trinajstić information content (AvgIpc) is 2.33. The van der Waals surface area contributed by atoms with Crippen LogP contribution in [0.1, 0.15) is 33.1 Å². The van der Waals surface area contributed by atoms with Gasteiger partial charge in [-0.15, -0.1) is 0 Å². The molecule has 3 unspecified atom stereocenters. The molecule has 1 aliphatic rings. The second kappa shape index (κ2) is 5.62. The fourth-order valence-corrected chi connectivity index (χ4v) is 3.49. The van der Waals surface area contributed by atoms with Gasteiger partial charge in [0.1, 0.15) is 0 Å². The Hall–Kier alpha value is -0.540. The molecule has 1 fully saturated rings. The van der Waals surface area contributed by atoms with Crippen LogP contribution in [0.25, 0.3) is 0 Å². The molecule has 1 aliphatic carbocycles. The Morgan fingerprint density at radius 1 is 1.44 bits per heavy atom.